The van der Waals surface area contributed by atoms with Crippen molar-refractivity contribution in [3.05, 3.63) is 52.4 Å². The largest absolute Gasteiger partial charge is 0.494 e. The smallest absolute Gasteiger partial charge is 0.336 e. The topological polar surface area (TPSA) is 100 Å². The van der Waals surface area contributed by atoms with Gasteiger partial charge in [-0.1, -0.05) is 19.1 Å². The van der Waals surface area contributed by atoms with Gasteiger partial charge in [0.25, 0.3) is 0 Å². The SMILES string of the molecule is CCOCCOC(=O)C1=C(C)NC2=C(C(=O)[C@H](C(=O)OC)[C@@H](C)C2)[C@H]1c1ccc(OCC)cc1. The molecular weight excluding hydrogens is 438 g/mol. The van der Waals surface area contributed by atoms with Gasteiger partial charge in [-0.05, 0) is 50.8 Å². The molecule has 1 aromatic carbocycles. The third kappa shape index (κ3) is 5.17. The van der Waals surface area contributed by atoms with E-state index >= 15 is 0 Å². The van der Waals surface area contributed by atoms with Crippen LogP contribution in [-0.2, 0) is 28.6 Å². The van der Waals surface area contributed by atoms with Gasteiger partial charge in [-0.15, -0.1) is 0 Å². The van der Waals surface area contributed by atoms with E-state index < -0.39 is 23.8 Å². The number of benzene rings is 1. The molecule has 8 nitrogen and oxygen atoms in total. The number of allylic oxidation sites excluding steroid dienone is 3. The highest BCUT2D eigenvalue weighted by Gasteiger charge is 2.47. The zero-order valence-electron chi connectivity index (χ0n) is 20.4. The molecule has 1 aromatic rings. The molecule has 1 heterocycles. The van der Waals surface area contributed by atoms with Crippen LogP contribution >= 0.6 is 0 Å². The molecule has 2 aliphatic rings. The Bertz CT molecular complexity index is 993. The standard InChI is InChI=1S/C26H33NO7/c1-6-32-12-13-34-26(30)21-16(4)27-19-14-15(3)20(25(29)31-5)24(28)23(19)22(21)17-8-10-18(11-9-17)33-7-2/h8-11,15,20,22,27H,6-7,12-14H2,1-5H3/t15-,20+,22-/m0/s1. The molecule has 1 N–H and O–H groups in total. The van der Waals surface area contributed by atoms with Gasteiger partial charge in [-0.3, -0.25) is 9.59 Å². The number of rotatable bonds is 9. The summed E-state index contributed by atoms with van der Waals surface area (Å²) in [4.78, 5) is 39.4. The highest BCUT2D eigenvalue weighted by molar-refractivity contribution is 6.12. The van der Waals surface area contributed by atoms with Crippen LogP contribution in [0.25, 0.3) is 0 Å². The van der Waals surface area contributed by atoms with Gasteiger partial charge in [0.05, 0.1) is 25.9 Å². The highest BCUT2D eigenvalue weighted by atomic mass is 16.6. The molecule has 1 aliphatic heterocycles. The number of nitrogens with one attached hydrogen (secondary N) is 1. The Labute approximate surface area is 200 Å². The first-order valence-corrected chi connectivity index (χ1v) is 11.6. The third-order valence-corrected chi connectivity index (χ3v) is 6.15. The maximum Gasteiger partial charge on any atom is 0.336 e. The average Bonchev–Trinajstić information content (AvgIpc) is 2.81. The predicted molar refractivity (Wildman–Crippen MR) is 125 cm³/mol. The van der Waals surface area contributed by atoms with Gasteiger partial charge in [-0.2, -0.15) is 0 Å². The molecule has 0 radical (unpaired) electrons. The van der Waals surface area contributed by atoms with Crippen molar-refractivity contribution in [2.45, 2.75) is 40.0 Å². The summed E-state index contributed by atoms with van der Waals surface area (Å²) >= 11 is 0. The van der Waals surface area contributed by atoms with Crippen LogP contribution in [0.1, 0.15) is 45.6 Å². The quantitative estimate of drug-likeness (QED) is 0.333. The number of esters is 2. The molecule has 3 atom stereocenters. The van der Waals surface area contributed by atoms with Gasteiger partial charge >= 0.3 is 11.9 Å². The highest BCUT2D eigenvalue weighted by Crippen LogP contribution is 2.45. The number of carbonyl (C=O) groups excluding carboxylic acids is 3. The summed E-state index contributed by atoms with van der Waals surface area (Å²) in [5.74, 6) is -2.59. The first-order chi connectivity index (χ1) is 16.3. The predicted octanol–water partition coefficient (Wildman–Crippen LogP) is 3.28. The second kappa shape index (κ2) is 11.3. The Balaban J connectivity index is 2.06. The Morgan fingerprint density at radius 2 is 1.79 bits per heavy atom. The van der Waals surface area contributed by atoms with Gasteiger partial charge < -0.3 is 24.3 Å². The fourth-order valence-electron chi connectivity index (χ4n) is 4.62. The van der Waals surface area contributed by atoms with Crippen molar-refractivity contribution in [1.82, 2.24) is 5.32 Å². The average molecular weight is 472 g/mol. The lowest BCUT2D eigenvalue weighted by Gasteiger charge is -2.38. The first kappa shape index (κ1) is 25.5. The molecule has 184 valence electrons. The molecular formula is C26H33NO7. The van der Waals surface area contributed by atoms with Gasteiger partial charge in [0.2, 0.25) is 0 Å². The van der Waals surface area contributed by atoms with Crippen molar-refractivity contribution in [3.8, 4) is 5.75 Å². The Kier molecular flexibility index (Phi) is 8.50. The van der Waals surface area contributed by atoms with E-state index in [1.807, 2.05) is 45.0 Å². The van der Waals surface area contributed by atoms with Crippen molar-refractivity contribution in [2.75, 3.05) is 33.5 Å². The summed E-state index contributed by atoms with van der Waals surface area (Å²) in [6, 6.07) is 7.29. The van der Waals surface area contributed by atoms with Crippen molar-refractivity contribution >= 4 is 17.7 Å². The molecule has 0 amide bonds. The zero-order chi connectivity index (χ0) is 24.8. The van der Waals surface area contributed by atoms with E-state index in [-0.39, 0.29) is 24.9 Å². The Hall–Kier alpha value is -3.13. The van der Waals surface area contributed by atoms with E-state index in [1.165, 1.54) is 7.11 Å². The van der Waals surface area contributed by atoms with E-state index in [0.717, 1.165) is 11.3 Å². The molecule has 1 aliphatic carbocycles. The first-order valence-electron chi connectivity index (χ1n) is 11.6. The Morgan fingerprint density at radius 3 is 2.41 bits per heavy atom. The number of carbonyl (C=O) groups is 3. The van der Waals surface area contributed by atoms with E-state index in [1.54, 1.807) is 6.92 Å². The summed E-state index contributed by atoms with van der Waals surface area (Å²) in [6.07, 6.45) is 0.485. The van der Waals surface area contributed by atoms with Crippen LogP contribution in [-0.4, -0.2) is 51.3 Å². The summed E-state index contributed by atoms with van der Waals surface area (Å²) in [5.41, 5.74) is 2.82. The number of dihydropyridines is 1. The van der Waals surface area contributed by atoms with Crippen LogP contribution < -0.4 is 10.1 Å². The second-order valence-corrected chi connectivity index (χ2v) is 8.37. The molecule has 0 fully saturated rings. The minimum absolute atomic E-state index is 0.0983. The lowest BCUT2D eigenvalue weighted by atomic mass is 9.69. The van der Waals surface area contributed by atoms with Crippen LogP contribution in [0.2, 0.25) is 0 Å². The van der Waals surface area contributed by atoms with Gasteiger partial charge in [0.15, 0.2) is 5.78 Å². The zero-order valence-corrected chi connectivity index (χ0v) is 20.4. The number of ether oxygens (including phenoxy) is 4. The maximum atomic E-state index is 13.7. The summed E-state index contributed by atoms with van der Waals surface area (Å²) in [6.45, 7) is 8.84. The minimum Gasteiger partial charge on any atom is -0.494 e. The number of hydrogen-bond donors (Lipinski definition) is 1. The van der Waals surface area contributed by atoms with Crippen molar-refractivity contribution < 1.29 is 33.3 Å². The van der Waals surface area contributed by atoms with Crippen molar-refractivity contribution in [3.63, 3.8) is 0 Å². The van der Waals surface area contributed by atoms with Crippen molar-refractivity contribution in [1.29, 1.82) is 0 Å². The minimum atomic E-state index is -0.927. The molecule has 0 saturated carbocycles. The lowest BCUT2D eigenvalue weighted by molar-refractivity contribution is -0.151. The molecule has 8 heteroatoms. The molecule has 34 heavy (non-hydrogen) atoms. The summed E-state index contributed by atoms with van der Waals surface area (Å²) in [7, 11) is 1.28. The third-order valence-electron chi connectivity index (χ3n) is 6.15. The lowest BCUT2D eigenvalue weighted by Crippen LogP contribution is -2.43. The molecule has 0 aromatic heterocycles. The monoisotopic (exact) mass is 471 g/mol. The number of Topliss-reactive ketones (excluding diaryl/α,β-unsaturated/α-hetero) is 1. The molecule has 0 spiro atoms. The summed E-state index contributed by atoms with van der Waals surface area (Å²) < 4.78 is 21.2. The van der Waals surface area contributed by atoms with Crippen LogP contribution in [0.15, 0.2) is 46.8 Å². The van der Waals surface area contributed by atoms with Crippen LogP contribution in [0.3, 0.4) is 0 Å². The molecule has 3 rings (SSSR count). The van der Waals surface area contributed by atoms with Gasteiger partial charge in [-0.25, -0.2) is 4.79 Å². The van der Waals surface area contributed by atoms with Crippen LogP contribution in [0.4, 0.5) is 0 Å². The number of methoxy groups -OCH3 is 1. The second-order valence-electron chi connectivity index (χ2n) is 8.37. The van der Waals surface area contributed by atoms with E-state index in [2.05, 4.69) is 5.32 Å². The molecule has 0 bridgehead atoms. The number of hydrogen-bond acceptors (Lipinski definition) is 8. The van der Waals surface area contributed by atoms with E-state index in [9.17, 15) is 14.4 Å². The normalized spacial score (nSPS) is 22.1. The fourth-order valence-corrected chi connectivity index (χ4v) is 4.62. The fraction of sp³-hybridized carbons (Fsp3) is 0.500. The molecule has 0 unspecified atom stereocenters. The van der Waals surface area contributed by atoms with E-state index in [4.69, 9.17) is 18.9 Å². The van der Waals surface area contributed by atoms with Gasteiger partial charge in [0.1, 0.15) is 18.3 Å². The maximum absolute atomic E-state index is 13.7. The van der Waals surface area contributed by atoms with Crippen molar-refractivity contribution in [2.24, 2.45) is 11.8 Å². The summed E-state index contributed by atoms with van der Waals surface area (Å²) in [5, 5.41) is 3.25. The Morgan fingerprint density at radius 1 is 1.09 bits per heavy atom. The molecule has 0 saturated heterocycles. The van der Waals surface area contributed by atoms with Crippen LogP contribution in [0.5, 0.6) is 5.75 Å². The van der Waals surface area contributed by atoms with Crippen LogP contribution in [0, 0.1) is 11.8 Å². The van der Waals surface area contributed by atoms with Gasteiger partial charge in [0, 0.05) is 29.5 Å². The van der Waals surface area contributed by atoms with E-state index in [0.29, 0.717) is 42.2 Å². The number of ketones is 1.